The predicted molar refractivity (Wildman–Crippen MR) is 103 cm³/mol. The van der Waals surface area contributed by atoms with E-state index in [-0.39, 0.29) is 5.91 Å². The minimum Gasteiger partial charge on any atom is -0.466 e. The second-order valence-corrected chi connectivity index (χ2v) is 7.17. The number of nitrogens with one attached hydrogen (secondary N) is 2. The maximum atomic E-state index is 12.7. The van der Waals surface area contributed by atoms with Gasteiger partial charge < -0.3 is 20.0 Å². The normalized spacial score (nSPS) is 21.6. The predicted octanol–water partition coefficient (Wildman–Crippen LogP) is 1.81. The second kappa shape index (κ2) is 7.08. The number of urea groups is 1. The van der Waals surface area contributed by atoms with Crippen LogP contribution in [0.2, 0.25) is 0 Å². The molecule has 1 unspecified atom stereocenters. The lowest BCUT2D eigenvalue weighted by atomic mass is 9.99. The van der Waals surface area contributed by atoms with Crippen molar-refractivity contribution in [1.29, 1.82) is 0 Å². The van der Waals surface area contributed by atoms with Crippen LogP contribution in [0.1, 0.15) is 25.5 Å². The molecule has 0 saturated carbocycles. The van der Waals surface area contributed by atoms with Crippen LogP contribution in [-0.2, 0) is 19.9 Å². The van der Waals surface area contributed by atoms with Crippen molar-refractivity contribution in [2.24, 2.45) is 0 Å². The van der Waals surface area contributed by atoms with Gasteiger partial charge in [-0.1, -0.05) is 0 Å². The molecule has 4 rings (SSSR count). The molecule has 5 amide bonds. The number of hydrogen-bond acceptors (Lipinski definition) is 5. The molecule has 1 aromatic carbocycles. The first kappa shape index (κ1) is 18.7. The Bertz CT molecular complexity index is 969. The molecule has 0 spiro atoms. The van der Waals surface area contributed by atoms with Crippen molar-refractivity contribution in [2.45, 2.75) is 25.3 Å². The van der Waals surface area contributed by atoms with Crippen LogP contribution >= 0.6 is 0 Å². The summed E-state index contributed by atoms with van der Waals surface area (Å²) in [5.41, 5.74) is -0.0647. The van der Waals surface area contributed by atoms with Crippen LogP contribution in [0.5, 0.6) is 0 Å². The van der Waals surface area contributed by atoms with E-state index in [4.69, 9.17) is 4.42 Å². The molecule has 2 aliphatic heterocycles. The molecule has 150 valence electrons. The Labute approximate surface area is 166 Å². The Morgan fingerprint density at radius 2 is 1.97 bits per heavy atom. The van der Waals surface area contributed by atoms with Crippen molar-refractivity contribution >= 4 is 35.1 Å². The highest BCUT2D eigenvalue weighted by atomic mass is 16.3. The maximum Gasteiger partial charge on any atom is 0.325 e. The van der Waals surface area contributed by atoms with Gasteiger partial charge in [0.25, 0.3) is 5.91 Å². The lowest BCUT2D eigenvalue weighted by molar-refractivity contribution is -0.134. The molecule has 2 fully saturated rings. The van der Waals surface area contributed by atoms with E-state index < -0.39 is 29.9 Å². The van der Waals surface area contributed by atoms with Gasteiger partial charge in [-0.3, -0.25) is 19.3 Å². The van der Waals surface area contributed by atoms with Gasteiger partial charge in [-0.05, 0) is 49.7 Å². The van der Waals surface area contributed by atoms with Crippen LogP contribution in [0.15, 0.2) is 47.1 Å². The van der Waals surface area contributed by atoms with Gasteiger partial charge in [-0.25, -0.2) is 4.79 Å². The smallest absolute Gasteiger partial charge is 0.325 e. The average Bonchev–Trinajstić information content (AvgIpc) is 3.41. The molecule has 0 aliphatic carbocycles. The van der Waals surface area contributed by atoms with Crippen LogP contribution in [0.3, 0.4) is 0 Å². The maximum absolute atomic E-state index is 12.7. The van der Waals surface area contributed by atoms with Crippen molar-refractivity contribution in [3.8, 4) is 0 Å². The molecule has 2 aromatic rings. The summed E-state index contributed by atoms with van der Waals surface area (Å²) in [7, 11) is 0. The number of hydrogen-bond donors (Lipinski definition) is 2. The number of imide groups is 1. The molecule has 2 N–H and O–H groups in total. The fraction of sp³-hybridized carbons (Fsp3) is 0.300. The highest BCUT2D eigenvalue weighted by Gasteiger charge is 2.51. The molecular formula is C20H20N4O5. The van der Waals surface area contributed by atoms with Crippen molar-refractivity contribution in [3.63, 3.8) is 0 Å². The van der Waals surface area contributed by atoms with E-state index in [1.165, 1.54) is 13.2 Å². The van der Waals surface area contributed by atoms with E-state index in [1.54, 1.807) is 41.3 Å². The number of benzene rings is 1. The van der Waals surface area contributed by atoms with E-state index in [0.29, 0.717) is 24.4 Å². The topological polar surface area (TPSA) is 112 Å². The van der Waals surface area contributed by atoms with Crippen molar-refractivity contribution < 1.29 is 23.6 Å². The number of amides is 5. The SMILES string of the molecule is CC1(c2ccco2)NC(=O)N(CC(=O)Nc2ccc(N3CCCC3=O)cc2)C1=O. The van der Waals surface area contributed by atoms with Crippen molar-refractivity contribution in [1.82, 2.24) is 10.2 Å². The standard InChI is InChI=1S/C20H20N4O5/c1-20(15-4-3-11-29-15)18(27)24(19(28)22-20)12-16(25)21-13-6-8-14(9-7-13)23-10-2-5-17(23)26/h3-4,6-9,11H,2,5,10,12H2,1H3,(H,21,25)(H,22,28). The first-order valence-corrected chi connectivity index (χ1v) is 9.27. The summed E-state index contributed by atoms with van der Waals surface area (Å²) in [6, 6.07) is 9.41. The molecule has 0 bridgehead atoms. The van der Waals surface area contributed by atoms with Gasteiger partial charge in [-0.15, -0.1) is 0 Å². The number of furan rings is 1. The minimum atomic E-state index is -1.34. The number of carbonyl (C=O) groups excluding carboxylic acids is 4. The Kier molecular flexibility index (Phi) is 4.57. The fourth-order valence-corrected chi connectivity index (χ4v) is 3.56. The van der Waals surface area contributed by atoms with Gasteiger partial charge in [0.1, 0.15) is 12.3 Å². The third-order valence-corrected chi connectivity index (χ3v) is 5.13. The summed E-state index contributed by atoms with van der Waals surface area (Å²) >= 11 is 0. The van der Waals surface area contributed by atoms with Crippen molar-refractivity contribution in [3.05, 3.63) is 48.4 Å². The van der Waals surface area contributed by atoms with Gasteiger partial charge in [0.2, 0.25) is 11.8 Å². The van der Waals surface area contributed by atoms with Crippen LogP contribution < -0.4 is 15.5 Å². The summed E-state index contributed by atoms with van der Waals surface area (Å²) in [6.07, 6.45) is 2.79. The minimum absolute atomic E-state index is 0.0833. The average molecular weight is 396 g/mol. The van der Waals surface area contributed by atoms with Gasteiger partial charge in [-0.2, -0.15) is 0 Å². The number of nitrogens with zero attached hydrogens (tertiary/aromatic N) is 2. The van der Waals surface area contributed by atoms with E-state index in [9.17, 15) is 19.2 Å². The molecule has 9 heteroatoms. The molecular weight excluding hydrogens is 376 g/mol. The summed E-state index contributed by atoms with van der Waals surface area (Å²) in [5, 5.41) is 5.23. The van der Waals surface area contributed by atoms with Gasteiger partial charge >= 0.3 is 6.03 Å². The number of carbonyl (C=O) groups is 4. The number of rotatable bonds is 5. The molecule has 29 heavy (non-hydrogen) atoms. The van der Waals surface area contributed by atoms with Crippen LogP contribution in [0.4, 0.5) is 16.2 Å². The number of anilines is 2. The second-order valence-electron chi connectivity index (χ2n) is 7.17. The Morgan fingerprint density at radius 1 is 1.21 bits per heavy atom. The van der Waals surface area contributed by atoms with E-state index in [2.05, 4.69) is 10.6 Å². The summed E-state index contributed by atoms with van der Waals surface area (Å²) in [5.74, 6) is -0.691. The van der Waals surface area contributed by atoms with Gasteiger partial charge in [0.15, 0.2) is 5.54 Å². The zero-order valence-corrected chi connectivity index (χ0v) is 15.8. The molecule has 2 aliphatic rings. The van der Waals surface area contributed by atoms with Gasteiger partial charge in [0, 0.05) is 24.3 Å². The van der Waals surface area contributed by atoms with Crippen LogP contribution in [0, 0.1) is 0 Å². The van der Waals surface area contributed by atoms with Crippen molar-refractivity contribution in [2.75, 3.05) is 23.3 Å². The van der Waals surface area contributed by atoms with E-state index in [0.717, 1.165) is 17.0 Å². The van der Waals surface area contributed by atoms with Gasteiger partial charge in [0.05, 0.1) is 6.26 Å². The summed E-state index contributed by atoms with van der Waals surface area (Å²) < 4.78 is 5.26. The molecule has 3 heterocycles. The molecule has 9 nitrogen and oxygen atoms in total. The largest absolute Gasteiger partial charge is 0.466 e. The molecule has 0 radical (unpaired) electrons. The highest BCUT2D eigenvalue weighted by molar-refractivity contribution is 6.10. The molecule has 1 aromatic heterocycles. The Morgan fingerprint density at radius 3 is 2.59 bits per heavy atom. The van der Waals surface area contributed by atoms with E-state index in [1.807, 2.05) is 0 Å². The van der Waals surface area contributed by atoms with Crippen LogP contribution in [0.25, 0.3) is 0 Å². The Hall–Kier alpha value is -3.62. The summed E-state index contributed by atoms with van der Waals surface area (Å²) in [4.78, 5) is 51.7. The summed E-state index contributed by atoms with van der Waals surface area (Å²) in [6.45, 7) is 1.79. The fourth-order valence-electron chi connectivity index (χ4n) is 3.56. The highest BCUT2D eigenvalue weighted by Crippen LogP contribution is 2.29. The third-order valence-electron chi connectivity index (χ3n) is 5.13. The monoisotopic (exact) mass is 396 g/mol. The zero-order valence-electron chi connectivity index (χ0n) is 15.8. The third kappa shape index (κ3) is 3.35. The lowest BCUT2D eigenvalue weighted by Crippen LogP contribution is -2.41. The lowest BCUT2D eigenvalue weighted by Gasteiger charge is -2.19. The Balaban J connectivity index is 1.40. The van der Waals surface area contributed by atoms with E-state index >= 15 is 0 Å². The quantitative estimate of drug-likeness (QED) is 0.749. The molecule has 2 saturated heterocycles. The van der Waals surface area contributed by atoms with Crippen LogP contribution in [-0.4, -0.2) is 41.7 Å². The zero-order chi connectivity index (χ0) is 20.6. The molecule has 1 atom stereocenters. The first-order valence-electron chi connectivity index (χ1n) is 9.27. The first-order chi connectivity index (χ1) is 13.9.